The number of nitrogens with zero attached hydrogens (tertiary/aromatic N) is 3. The van der Waals surface area contributed by atoms with Crippen LogP contribution in [0, 0.1) is 0 Å². The molecule has 0 fully saturated rings. The van der Waals surface area contributed by atoms with E-state index in [1.54, 1.807) is 35.3 Å². The fourth-order valence-electron chi connectivity index (χ4n) is 2.91. The van der Waals surface area contributed by atoms with E-state index in [2.05, 4.69) is 15.4 Å². The first-order valence-corrected chi connectivity index (χ1v) is 9.26. The van der Waals surface area contributed by atoms with Gasteiger partial charge in [-0.1, -0.05) is 48.5 Å². The molecule has 0 aliphatic heterocycles. The summed E-state index contributed by atoms with van der Waals surface area (Å²) in [6.45, 7) is 1.02. The van der Waals surface area contributed by atoms with E-state index in [0.29, 0.717) is 18.7 Å². The van der Waals surface area contributed by atoms with Crippen LogP contribution in [0.25, 0.3) is 0 Å². The maximum atomic E-state index is 12.7. The Morgan fingerprint density at radius 1 is 0.931 bits per heavy atom. The van der Waals surface area contributed by atoms with Gasteiger partial charge in [-0.05, 0) is 41.5 Å². The Bertz CT molecular complexity index is 1060. The standard InChI is InChI=1S/C23H20N4O2/c28-23(26-22-9-5-4-8-20(22)14-27-17-24-16-25-27)19-10-12-21(13-11-19)29-15-18-6-2-1-3-7-18/h1-13,16-17H,14-15H2,(H,26,28). The molecule has 3 aromatic carbocycles. The highest BCUT2D eigenvalue weighted by Crippen LogP contribution is 2.19. The van der Waals surface area contributed by atoms with Gasteiger partial charge in [0.15, 0.2) is 0 Å². The van der Waals surface area contributed by atoms with E-state index in [0.717, 1.165) is 22.6 Å². The topological polar surface area (TPSA) is 69.0 Å². The lowest BCUT2D eigenvalue weighted by molar-refractivity contribution is 0.102. The fraction of sp³-hybridized carbons (Fsp3) is 0.0870. The summed E-state index contributed by atoms with van der Waals surface area (Å²) in [4.78, 5) is 16.6. The van der Waals surface area contributed by atoms with Crippen molar-refractivity contribution in [1.29, 1.82) is 0 Å². The first-order valence-electron chi connectivity index (χ1n) is 9.26. The minimum absolute atomic E-state index is 0.175. The Balaban J connectivity index is 1.40. The SMILES string of the molecule is O=C(Nc1ccccc1Cn1cncn1)c1ccc(OCc2ccccc2)cc1. The predicted octanol–water partition coefficient (Wildman–Crippen LogP) is 4.16. The monoisotopic (exact) mass is 384 g/mol. The molecule has 0 saturated heterocycles. The maximum absolute atomic E-state index is 12.7. The van der Waals surface area contributed by atoms with E-state index in [1.807, 2.05) is 54.6 Å². The van der Waals surface area contributed by atoms with Gasteiger partial charge in [0, 0.05) is 11.3 Å². The van der Waals surface area contributed by atoms with Gasteiger partial charge in [0.1, 0.15) is 25.0 Å². The summed E-state index contributed by atoms with van der Waals surface area (Å²) in [7, 11) is 0. The lowest BCUT2D eigenvalue weighted by Gasteiger charge is -2.12. The molecule has 6 heteroatoms. The summed E-state index contributed by atoms with van der Waals surface area (Å²) in [6.07, 6.45) is 3.13. The van der Waals surface area contributed by atoms with Gasteiger partial charge in [0.05, 0.1) is 6.54 Å². The van der Waals surface area contributed by atoms with Crippen molar-refractivity contribution in [2.45, 2.75) is 13.2 Å². The van der Waals surface area contributed by atoms with Gasteiger partial charge >= 0.3 is 0 Å². The van der Waals surface area contributed by atoms with Gasteiger partial charge in [0.2, 0.25) is 0 Å². The van der Waals surface area contributed by atoms with Gasteiger partial charge in [-0.2, -0.15) is 5.10 Å². The number of rotatable bonds is 7. The molecule has 1 N–H and O–H groups in total. The number of aromatic nitrogens is 3. The van der Waals surface area contributed by atoms with Crippen LogP contribution in [0.3, 0.4) is 0 Å². The molecule has 1 aromatic heterocycles. The van der Waals surface area contributed by atoms with E-state index in [4.69, 9.17) is 4.74 Å². The number of carbonyl (C=O) groups is 1. The van der Waals surface area contributed by atoms with Crippen molar-refractivity contribution in [2.24, 2.45) is 0 Å². The Morgan fingerprint density at radius 2 is 1.69 bits per heavy atom. The Kier molecular flexibility index (Phi) is 5.62. The first kappa shape index (κ1) is 18.4. The van der Waals surface area contributed by atoms with Crippen LogP contribution in [0.2, 0.25) is 0 Å². The van der Waals surface area contributed by atoms with E-state index >= 15 is 0 Å². The van der Waals surface area contributed by atoms with E-state index < -0.39 is 0 Å². The number of benzene rings is 3. The smallest absolute Gasteiger partial charge is 0.255 e. The van der Waals surface area contributed by atoms with Crippen LogP contribution in [0.5, 0.6) is 5.75 Å². The number of para-hydroxylation sites is 1. The summed E-state index contributed by atoms with van der Waals surface area (Å²) in [5, 5.41) is 7.09. The summed E-state index contributed by atoms with van der Waals surface area (Å²) < 4.78 is 7.49. The molecule has 0 radical (unpaired) electrons. The lowest BCUT2D eigenvalue weighted by Crippen LogP contribution is -2.14. The average molecular weight is 384 g/mol. The molecule has 0 bridgehead atoms. The van der Waals surface area contributed by atoms with Crippen LogP contribution in [0.1, 0.15) is 21.5 Å². The minimum Gasteiger partial charge on any atom is -0.489 e. The summed E-state index contributed by atoms with van der Waals surface area (Å²) in [6, 6.07) is 24.7. The van der Waals surface area contributed by atoms with Crippen molar-refractivity contribution in [2.75, 3.05) is 5.32 Å². The number of hydrogen-bond acceptors (Lipinski definition) is 4. The van der Waals surface area contributed by atoms with E-state index in [-0.39, 0.29) is 5.91 Å². The number of carbonyl (C=O) groups excluding carboxylic acids is 1. The number of hydrogen-bond donors (Lipinski definition) is 1. The van der Waals surface area contributed by atoms with Crippen LogP contribution in [-0.2, 0) is 13.2 Å². The number of nitrogens with one attached hydrogen (secondary N) is 1. The summed E-state index contributed by atoms with van der Waals surface area (Å²) in [5.41, 5.74) is 3.36. The molecule has 0 spiro atoms. The van der Waals surface area contributed by atoms with Crippen molar-refractivity contribution < 1.29 is 9.53 Å². The Hall–Kier alpha value is -3.93. The predicted molar refractivity (Wildman–Crippen MR) is 111 cm³/mol. The van der Waals surface area contributed by atoms with Crippen LogP contribution < -0.4 is 10.1 Å². The zero-order chi connectivity index (χ0) is 19.9. The third-order valence-electron chi connectivity index (χ3n) is 4.43. The molecule has 0 aliphatic rings. The number of ether oxygens (including phenoxy) is 1. The van der Waals surface area contributed by atoms with Crippen molar-refractivity contribution in [3.63, 3.8) is 0 Å². The minimum atomic E-state index is -0.175. The lowest BCUT2D eigenvalue weighted by atomic mass is 10.1. The van der Waals surface area contributed by atoms with Gasteiger partial charge in [-0.25, -0.2) is 9.67 Å². The van der Waals surface area contributed by atoms with Crippen molar-refractivity contribution >= 4 is 11.6 Å². The normalized spacial score (nSPS) is 10.5. The van der Waals surface area contributed by atoms with Gasteiger partial charge in [0.25, 0.3) is 5.91 Å². The second-order valence-electron chi connectivity index (χ2n) is 6.50. The molecule has 6 nitrogen and oxygen atoms in total. The third kappa shape index (κ3) is 4.87. The number of amides is 1. The van der Waals surface area contributed by atoms with Crippen molar-refractivity contribution in [3.8, 4) is 5.75 Å². The highest BCUT2D eigenvalue weighted by molar-refractivity contribution is 6.04. The average Bonchev–Trinajstić information content (AvgIpc) is 3.28. The van der Waals surface area contributed by atoms with Crippen LogP contribution in [0.4, 0.5) is 5.69 Å². The van der Waals surface area contributed by atoms with E-state index in [9.17, 15) is 4.79 Å². The fourth-order valence-corrected chi connectivity index (χ4v) is 2.91. The number of anilines is 1. The van der Waals surface area contributed by atoms with Crippen LogP contribution in [0.15, 0.2) is 91.5 Å². The molecule has 1 heterocycles. The summed E-state index contributed by atoms with van der Waals surface area (Å²) >= 11 is 0. The Labute approximate surface area is 168 Å². The molecule has 1 amide bonds. The molecule has 29 heavy (non-hydrogen) atoms. The molecule has 0 unspecified atom stereocenters. The first-order chi connectivity index (χ1) is 14.3. The molecule has 4 rings (SSSR count). The third-order valence-corrected chi connectivity index (χ3v) is 4.43. The zero-order valence-corrected chi connectivity index (χ0v) is 15.7. The molecule has 0 saturated carbocycles. The van der Waals surface area contributed by atoms with Gasteiger partial charge < -0.3 is 10.1 Å². The van der Waals surface area contributed by atoms with Crippen LogP contribution >= 0.6 is 0 Å². The van der Waals surface area contributed by atoms with Gasteiger partial charge in [-0.3, -0.25) is 4.79 Å². The quantitative estimate of drug-likeness (QED) is 0.520. The molecule has 0 atom stereocenters. The van der Waals surface area contributed by atoms with E-state index in [1.165, 1.54) is 6.33 Å². The summed E-state index contributed by atoms with van der Waals surface area (Å²) in [5.74, 6) is 0.544. The molecule has 144 valence electrons. The van der Waals surface area contributed by atoms with Crippen molar-refractivity contribution in [1.82, 2.24) is 14.8 Å². The second-order valence-corrected chi connectivity index (χ2v) is 6.50. The molecular weight excluding hydrogens is 364 g/mol. The molecule has 0 aliphatic carbocycles. The molecule has 4 aromatic rings. The molecular formula is C23H20N4O2. The van der Waals surface area contributed by atoms with Crippen molar-refractivity contribution in [3.05, 3.63) is 108 Å². The second kappa shape index (κ2) is 8.84. The highest BCUT2D eigenvalue weighted by atomic mass is 16.5. The largest absolute Gasteiger partial charge is 0.489 e. The van der Waals surface area contributed by atoms with Gasteiger partial charge in [-0.15, -0.1) is 0 Å². The zero-order valence-electron chi connectivity index (χ0n) is 15.7. The Morgan fingerprint density at radius 3 is 2.45 bits per heavy atom. The maximum Gasteiger partial charge on any atom is 0.255 e. The highest BCUT2D eigenvalue weighted by Gasteiger charge is 2.10. The van der Waals surface area contributed by atoms with Crippen LogP contribution in [-0.4, -0.2) is 20.7 Å².